The number of unbranched alkanes of at least 4 members (excludes halogenated alkanes) is 65. The Bertz CT molecular complexity index is 1340. The minimum absolute atomic E-state index is 0.0240. The lowest BCUT2D eigenvalue weighted by atomic mass is 10.0. The highest BCUT2D eigenvalue weighted by Crippen LogP contribution is 2.21. The number of hydrogen-bond acceptors (Lipinski definition) is 5. The van der Waals surface area contributed by atoms with Crippen LogP contribution in [0, 0.1) is 0 Å². The lowest BCUT2D eigenvalue weighted by molar-refractivity contribution is -0.143. The monoisotopic (exact) mass is 1240 g/mol. The summed E-state index contributed by atoms with van der Waals surface area (Å²) in [6.45, 7) is 5.02. The molecule has 0 bridgehead atoms. The molecule has 524 valence electrons. The van der Waals surface area contributed by atoms with Crippen LogP contribution in [-0.2, 0) is 14.3 Å². The van der Waals surface area contributed by atoms with Crippen molar-refractivity contribution in [2.24, 2.45) is 0 Å². The van der Waals surface area contributed by atoms with E-state index in [1.54, 1.807) is 0 Å². The minimum atomic E-state index is -0.663. The summed E-state index contributed by atoms with van der Waals surface area (Å²) in [4.78, 5) is 24.7. The number of carbonyl (C=O) groups is 2. The van der Waals surface area contributed by atoms with E-state index in [-0.39, 0.29) is 18.5 Å². The SMILES string of the molecule is CCCCCCCCCCCCCCCCCCCCCCCC(O)C(CO)NC(=O)CCCCCCCCCCCCCCCCC/C=C\CCCCCCCCCCCCCCOC(=O)CCCCCCCCCCCCCCCCCCCCC. The molecule has 0 aliphatic rings. The average Bonchev–Trinajstić information content (AvgIpc) is 3.58. The third kappa shape index (κ3) is 73.6. The van der Waals surface area contributed by atoms with Crippen LogP contribution >= 0.6 is 0 Å². The van der Waals surface area contributed by atoms with Crippen molar-refractivity contribution in [1.29, 1.82) is 0 Å². The van der Waals surface area contributed by atoms with Gasteiger partial charge in [-0.05, 0) is 51.4 Å². The Morgan fingerprint density at radius 3 is 0.807 bits per heavy atom. The van der Waals surface area contributed by atoms with Crippen molar-refractivity contribution in [2.75, 3.05) is 13.2 Å². The summed E-state index contributed by atoms with van der Waals surface area (Å²) < 4.78 is 5.52. The minimum Gasteiger partial charge on any atom is -0.466 e. The molecule has 0 rings (SSSR count). The zero-order chi connectivity index (χ0) is 63.5. The van der Waals surface area contributed by atoms with E-state index in [0.29, 0.717) is 25.9 Å². The molecule has 1 amide bonds. The second kappa shape index (κ2) is 78.0. The van der Waals surface area contributed by atoms with Gasteiger partial charge in [-0.1, -0.05) is 424 Å². The Morgan fingerprint density at radius 1 is 0.307 bits per heavy atom. The smallest absolute Gasteiger partial charge is 0.305 e. The maximum Gasteiger partial charge on any atom is 0.305 e. The Hall–Kier alpha value is -1.40. The first-order chi connectivity index (χ1) is 43.5. The number of rotatable bonds is 78. The molecule has 2 atom stereocenters. The topological polar surface area (TPSA) is 95.9 Å². The maximum absolute atomic E-state index is 12.6. The summed E-state index contributed by atoms with van der Waals surface area (Å²) in [5, 5.41) is 23.5. The van der Waals surface area contributed by atoms with Crippen LogP contribution in [0.3, 0.4) is 0 Å². The molecule has 0 fully saturated rings. The van der Waals surface area contributed by atoms with Crippen LogP contribution in [0.15, 0.2) is 12.2 Å². The Labute approximate surface area is 552 Å². The molecule has 0 aliphatic heterocycles. The summed E-state index contributed by atoms with van der Waals surface area (Å²) in [5.74, 6) is -0.00313. The number of aliphatic hydroxyl groups is 2. The molecule has 0 radical (unpaired) electrons. The van der Waals surface area contributed by atoms with Crippen molar-refractivity contribution in [3.8, 4) is 0 Å². The number of hydrogen-bond donors (Lipinski definition) is 3. The van der Waals surface area contributed by atoms with Crippen LogP contribution in [0.25, 0.3) is 0 Å². The highest BCUT2D eigenvalue weighted by atomic mass is 16.5. The van der Waals surface area contributed by atoms with Gasteiger partial charge >= 0.3 is 5.97 Å². The molecule has 2 unspecified atom stereocenters. The molecule has 3 N–H and O–H groups in total. The van der Waals surface area contributed by atoms with Crippen molar-refractivity contribution >= 4 is 11.9 Å². The van der Waals surface area contributed by atoms with Gasteiger partial charge in [0.2, 0.25) is 5.91 Å². The molecule has 0 spiro atoms. The number of carbonyl (C=O) groups excluding carboxylic acids is 2. The molecule has 0 aromatic rings. The third-order valence-corrected chi connectivity index (χ3v) is 19.6. The fourth-order valence-electron chi connectivity index (χ4n) is 13.3. The average molecular weight is 1240 g/mol. The predicted octanol–water partition coefficient (Wildman–Crippen LogP) is 27.1. The van der Waals surface area contributed by atoms with Crippen molar-refractivity contribution in [2.45, 2.75) is 488 Å². The van der Waals surface area contributed by atoms with Crippen molar-refractivity contribution in [3.63, 3.8) is 0 Å². The Morgan fingerprint density at radius 2 is 0.534 bits per heavy atom. The van der Waals surface area contributed by atoms with E-state index in [4.69, 9.17) is 4.74 Å². The van der Waals surface area contributed by atoms with Gasteiger partial charge in [0, 0.05) is 12.8 Å². The molecular formula is C82H161NO5. The van der Waals surface area contributed by atoms with E-state index in [1.165, 1.54) is 405 Å². The first-order valence-corrected chi connectivity index (χ1v) is 40.9. The molecule has 88 heavy (non-hydrogen) atoms. The van der Waals surface area contributed by atoms with Crippen LogP contribution < -0.4 is 5.32 Å². The summed E-state index contributed by atoms with van der Waals surface area (Å²) in [6, 6.07) is -0.540. The highest BCUT2D eigenvalue weighted by Gasteiger charge is 2.20. The molecule has 0 saturated heterocycles. The lowest BCUT2D eigenvalue weighted by Gasteiger charge is -2.22. The number of amides is 1. The van der Waals surface area contributed by atoms with E-state index < -0.39 is 12.1 Å². The molecule has 0 aromatic heterocycles. The van der Waals surface area contributed by atoms with Gasteiger partial charge in [-0.3, -0.25) is 9.59 Å². The summed E-state index contributed by atoms with van der Waals surface area (Å²) in [5.41, 5.74) is 0. The van der Waals surface area contributed by atoms with Crippen molar-refractivity contribution < 1.29 is 24.5 Å². The summed E-state index contributed by atoms with van der Waals surface area (Å²) in [7, 11) is 0. The number of ether oxygens (including phenoxy) is 1. The van der Waals surface area contributed by atoms with Gasteiger partial charge < -0.3 is 20.3 Å². The van der Waals surface area contributed by atoms with Crippen LogP contribution in [0.2, 0.25) is 0 Å². The number of aliphatic hydroxyl groups excluding tert-OH is 2. The van der Waals surface area contributed by atoms with Gasteiger partial charge in [-0.25, -0.2) is 0 Å². The van der Waals surface area contributed by atoms with E-state index in [2.05, 4.69) is 31.3 Å². The second-order valence-electron chi connectivity index (χ2n) is 28.5. The first-order valence-electron chi connectivity index (χ1n) is 40.9. The predicted molar refractivity (Wildman–Crippen MR) is 389 cm³/mol. The van der Waals surface area contributed by atoms with Crippen LogP contribution in [0.1, 0.15) is 476 Å². The number of nitrogens with one attached hydrogen (secondary N) is 1. The fraction of sp³-hybridized carbons (Fsp3) is 0.951. The van der Waals surface area contributed by atoms with Gasteiger partial charge in [0.1, 0.15) is 0 Å². The van der Waals surface area contributed by atoms with Gasteiger partial charge in [-0.2, -0.15) is 0 Å². The first kappa shape index (κ1) is 86.6. The number of esters is 1. The van der Waals surface area contributed by atoms with Crippen LogP contribution in [-0.4, -0.2) is 47.4 Å². The molecule has 6 nitrogen and oxygen atoms in total. The van der Waals surface area contributed by atoms with E-state index in [9.17, 15) is 19.8 Å². The van der Waals surface area contributed by atoms with Gasteiger partial charge in [0.15, 0.2) is 0 Å². The molecule has 0 aromatic carbocycles. The van der Waals surface area contributed by atoms with E-state index in [0.717, 1.165) is 38.5 Å². The van der Waals surface area contributed by atoms with Crippen LogP contribution in [0.4, 0.5) is 0 Å². The Kier molecular flexibility index (Phi) is 76.8. The molecule has 6 heteroatoms. The zero-order valence-electron chi connectivity index (χ0n) is 60.3. The largest absolute Gasteiger partial charge is 0.466 e. The molecule has 0 saturated carbocycles. The number of allylic oxidation sites excluding steroid dienone is 2. The fourth-order valence-corrected chi connectivity index (χ4v) is 13.3. The van der Waals surface area contributed by atoms with Crippen molar-refractivity contribution in [3.05, 3.63) is 12.2 Å². The van der Waals surface area contributed by atoms with Gasteiger partial charge in [0.05, 0.1) is 25.4 Å². The standard InChI is InChI=1S/C82H161NO5/c1-3-5-7-9-11-13-15-17-19-21-23-35-39-42-46-50-54-58-62-66-70-74-80(85)79(78-84)83-81(86)75-71-67-63-59-55-51-47-43-40-36-33-31-29-27-25-24-26-28-30-32-34-37-41-45-49-53-57-61-65-69-73-77-88-82(87)76-72-68-64-60-56-52-48-44-38-22-20-18-16-14-12-10-8-6-4-2/h26,28,79-80,84-85H,3-25,27,29-78H2,1-2H3,(H,83,86)/b28-26-. The normalized spacial score (nSPS) is 12.5. The van der Waals surface area contributed by atoms with Gasteiger partial charge in [0.25, 0.3) is 0 Å². The molecule has 0 aliphatic carbocycles. The zero-order valence-corrected chi connectivity index (χ0v) is 60.3. The van der Waals surface area contributed by atoms with Crippen LogP contribution in [0.5, 0.6) is 0 Å². The van der Waals surface area contributed by atoms with E-state index in [1.807, 2.05) is 0 Å². The summed E-state index contributed by atoms with van der Waals surface area (Å²) in [6.07, 6.45) is 98.8. The van der Waals surface area contributed by atoms with Crippen molar-refractivity contribution in [1.82, 2.24) is 5.32 Å². The molecule has 0 heterocycles. The summed E-state index contributed by atoms with van der Waals surface area (Å²) >= 11 is 0. The maximum atomic E-state index is 12.6. The van der Waals surface area contributed by atoms with E-state index >= 15 is 0 Å². The lowest BCUT2D eigenvalue weighted by Crippen LogP contribution is -2.45. The third-order valence-electron chi connectivity index (χ3n) is 19.6. The highest BCUT2D eigenvalue weighted by molar-refractivity contribution is 5.76. The molecular weight excluding hydrogens is 1080 g/mol. The second-order valence-corrected chi connectivity index (χ2v) is 28.5. The van der Waals surface area contributed by atoms with Gasteiger partial charge in [-0.15, -0.1) is 0 Å². The Balaban J connectivity index is 3.34. The quantitative estimate of drug-likeness (QED) is 0.0320.